The van der Waals surface area contributed by atoms with Gasteiger partial charge >= 0.3 is 0 Å². The lowest BCUT2D eigenvalue weighted by atomic mass is 10.0. The summed E-state index contributed by atoms with van der Waals surface area (Å²) in [7, 11) is 0. The first-order chi connectivity index (χ1) is 7.31. The molecule has 1 aliphatic heterocycles. The summed E-state index contributed by atoms with van der Waals surface area (Å²) in [6.45, 7) is 8.50. The summed E-state index contributed by atoms with van der Waals surface area (Å²) >= 11 is 0. The maximum atomic E-state index is 3.67. The first kappa shape index (κ1) is 11.4. The number of hydrogen-bond donors (Lipinski definition) is 1. The first-order valence-corrected chi connectivity index (χ1v) is 6.78. The average molecular weight is 210 g/mol. The van der Waals surface area contributed by atoms with Crippen LogP contribution >= 0.6 is 0 Å². The van der Waals surface area contributed by atoms with Crippen molar-refractivity contribution in [3.63, 3.8) is 0 Å². The summed E-state index contributed by atoms with van der Waals surface area (Å²) in [6.07, 6.45) is 6.98. The fraction of sp³-hybridized carbons (Fsp3) is 1.00. The third-order valence-electron chi connectivity index (χ3n) is 4.02. The van der Waals surface area contributed by atoms with Crippen molar-refractivity contribution in [3.05, 3.63) is 0 Å². The summed E-state index contributed by atoms with van der Waals surface area (Å²) in [6, 6.07) is 1.61. The van der Waals surface area contributed by atoms with E-state index in [1.807, 2.05) is 0 Å². The van der Waals surface area contributed by atoms with E-state index in [4.69, 9.17) is 0 Å². The minimum Gasteiger partial charge on any atom is -0.313 e. The Morgan fingerprint density at radius 1 is 1.33 bits per heavy atom. The number of piperidine rings is 1. The van der Waals surface area contributed by atoms with Gasteiger partial charge in [-0.05, 0) is 58.0 Å². The van der Waals surface area contributed by atoms with Crippen molar-refractivity contribution in [2.24, 2.45) is 5.92 Å². The van der Waals surface area contributed by atoms with Gasteiger partial charge in [-0.1, -0.05) is 6.92 Å². The molecule has 1 N–H and O–H groups in total. The van der Waals surface area contributed by atoms with Crippen LogP contribution in [0.25, 0.3) is 0 Å². The highest BCUT2D eigenvalue weighted by molar-refractivity contribution is 4.89. The molecule has 2 heteroatoms. The van der Waals surface area contributed by atoms with E-state index in [0.29, 0.717) is 0 Å². The Morgan fingerprint density at radius 3 is 2.80 bits per heavy atom. The van der Waals surface area contributed by atoms with E-state index >= 15 is 0 Å². The highest BCUT2D eigenvalue weighted by Gasteiger charge is 2.33. The lowest BCUT2D eigenvalue weighted by Crippen LogP contribution is -2.49. The number of likely N-dealkylation sites (tertiary alicyclic amines) is 1. The zero-order valence-corrected chi connectivity index (χ0v) is 10.3. The van der Waals surface area contributed by atoms with E-state index in [-0.39, 0.29) is 0 Å². The van der Waals surface area contributed by atoms with Crippen LogP contribution in [0.15, 0.2) is 0 Å². The van der Waals surface area contributed by atoms with Gasteiger partial charge in [0.2, 0.25) is 0 Å². The van der Waals surface area contributed by atoms with Gasteiger partial charge in [0.25, 0.3) is 0 Å². The maximum Gasteiger partial charge on any atom is 0.0195 e. The van der Waals surface area contributed by atoms with Crippen molar-refractivity contribution in [2.75, 3.05) is 19.6 Å². The second kappa shape index (κ2) is 5.31. The summed E-state index contributed by atoms with van der Waals surface area (Å²) in [5.41, 5.74) is 0. The van der Waals surface area contributed by atoms with Crippen molar-refractivity contribution >= 4 is 0 Å². The van der Waals surface area contributed by atoms with Gasteiger partial charge in [-0.2, -0.15) is 0 Å². The summed E-state index contributed by atoms with van der Waals surface area (Å²) in [4.78, 5) is 2.72. The van der Waals surface area contributed by atoms with Gasteiger partial charge in [-0.25, -0.2) is 0 Å². The van der Waals surface area contributed by atoms with Crippen molar-refractivity contribution in [1.29, 1.82) is 0 Å². The summed E-state index contributed by atoms with van der Waals surface area (Å²) in [5.74, 6) is 1.02. The van der Waals surface area contributed by atoms with E-state index in [1.165, 1.54) is 51.7 Å². The van der Waals surface area contributed by atoms with Crippen LogP contribution in [0.5, 0.6) is 0 Å². The molecule has 0 bridgehead atoms. The highest BCUT2D eigenvalue weighted by atomic mass is 15.2. The smallest absolute Gasteiger partial charge is 0.0195 e. The Morgan fingerprint density at radius 2 is 2.13 bits per heavy atom. The van der Waals surface area contributed by atoms with Crippen LogP contribution in [0.1, 0.15) is 46.0 Å². The second-order valence-electron chi connectivity index (χ2n) is 5.37. The molecule has 2 atom stereocenters. The molecule has 0 radical (unpaired) electrons. The van der Waals surface area contributed by atoms with Crippen LogP contribution in [0.2, 0.25) is 0 Å². The minimum absolute atomic E-state index is 0.764. The molecule has 1 saturated heterocycles. The summed E-state index contributed by atoms with van der Waals surface area (Å²) in [5, 5.41) is 3.67. The normalized spacial score (nSPS) is 30.4. The van der Waals surface area contributed by atoms with E-state index < -0.39 is 0 Å². The molecule has 0 aromatic heterocycles. The maximum absolute atomic E-state index is 3.67. The number of rotatable bonds is 5. The Kier molecular flexibility index (Phi) is 4.04. The molecule has 2 aliphatic rings. The van der Waals surface area contributed by atoms with E-state index in [2.05, 4.69) is 24.1 Å². The molecule has 0 spiro atoms. The van der Waals surface area contributed by atoms with Crippen LogP contribution in [0, 0.1) is 5.92 Å². The molecule has 0 aromatic rings. The Labute approximate surface area is 94.4 Å². The largest absolute Gasteiger partial charge is 0.313 e. The van der Waals surface area contributed by atoms with Gasteiger partial charge in [-0.3, -0.25) is 4.90 Å². The zero-order chi connectivity index (χ0) is 10.7. The van der Waals surface area contributed by atoms with Crippen LogP contribution in [0.4, 0.5) is 0 Å². The number of hydrogen-bond acceptors (Lipinski definition) is 2. The standard InChI is InChI=1S/C13H26N2/c1-3-8-14-13-5-4-9-15(10-13)11(2)12-6-7-12/h11-14H,3-10H2,1-2H3. The molecular formula is C13H26N2. The topological polar surface area (TPSA) is 15.3 Å². The molecule has 2 rings (SSSR count). The fourth-order valence-corrected chi connectivity index (χ4v) is 2.77. The van der Waals surface area contributed by atoms with E-state index in [1.54, 1.807) is 0 Å². The van der Waals surface area contributed by atoms with Gasteiger partial charge < -0.3 is 5.32 Å². The highest BCUT2D eigenvalue weighted by Crippen LogP contribution is 2.35. The molecule has 2 nitrogen and oxygen atoms in total. The fourth-order valence-electron chi connectivity index (χ4n) is 2.77. The van der Waals surface area contributed by atoms with Gasteiger partial charge in [-0.15, -0.1) is 0 Å². The van der Waals surface area contributed by atoms with Gasteiger partial charge in [0.1, 0.15) is 0 Å². The third-order valence-corrected chi connectivity index (χ3v) is 4.02. The molecule has 88 valence electrons. The molecule has 15 heavy (non-hydrogen) atoms. The van der Waals surface area contributed by atoms with Crippen molar-refractivity contribution < 1.29 is 0 Å². The van der Waals surface area contributed by atoms with Crippen molar-refractivity contribution in [2.45, 2.75) is 58.0 Å². The predicted molar refractivity (Wildman–Crippen MR) is 65.1 cm³/mol. The molecular weight excluding hydrogens is 184 g/mol. The molecule has 2 unspecified atom stereocenters. The van der Waals surface area contributed by atoms with Crippen LogP contribution in [-0.2, 0) is 0 Å². The van der Waals surface area contributed by atoms with E-state index in [9.17, 15) is 0 Å². The summed E-state index contributed by atoms with van der Waals surface area (Å²) < 4.78 is 0. The van der Waals surface area contributed by atoms with Crippen LogP contribution in [-0.4, -0.2) is 36.6 Å². The van der Waals surface area contributed by atoms with Gasteiger partial charge in [0.15, 0.2) is 0 Å². The SMILES string of the molecule is CCCNC1CCCN(C(C)C2CC2)C1. The molecule has 2 fully saturated rings. The molecule has 1 aliphatic carbocycles. The molecule has 1 heterocycles. The van der Waals surface area contributed by atoms with Crippen LogP contribution in [0.3, 0.4) is 0 Å². The molecule has 0 amide bonds. The van der Waals surface area contributed by atoms with Crippen molar-refractivity contribution in [3.8, 4) is 0 Å². The number of nitrogens with one attached hydrogen (secondary N) is 1. The Bertz CT molecular complexity index is 189. The second-order valence-corrected chi connectivity index (χ2v) is 5.37. The molecule has 1 saturated carbocycles. The van der Waals surface area contributed by atoms with E-state index in [0.717, 1.165) is 18.0 Å². The monoisotopic (exact) mass is 210 g/mol. The zero-order valence-electron chi connectivity index (χ0n) is 10.3. The van der Waals surface area contributed by atoms with Crippen LogP contribution < -0.4 is 5.32 Å². The van der Waals surface area contributed by atoms with Gasteiger partial charge in [0.05, 0.1) is 0 Å². The minimum atomic E-state index is 0.764. The first-order valence-electron chi connectivity index (χ1n) is 6.78. The lowest BCUT2D eigenvalue weighted by molar-refractivity contribution is 0.133. The predicted octanol–water partition coefficient (Wildman–Crippen LogP) is 2.25. The third kappa shape index (κ3) is 3.18. The number of nitrogens with zero attached hydrogens (tertiary/aromatic N) is 1. The van der Waals surface area contributed by atoms with Gasteiger partial charge in [0, 0.05) is 18.6 Å². The lowest BCUT2D eigenvalue weighted by Gasteiger charge is -2.37. The Hall–Kier alpha value is -0.0800. The Balaban J connectivity index is 1.75. The average Bonchev–Trinajstić information content (AvgIpc) is 3.09. The quantitative estimate of drug-likeness (QED) is 0.749. The van der Waals surface area contributed by atoms with Crippen molar-refractivity contribution in [1.82, 2.24) is 10.2 Å². The molecule has 0 aromatic carbocycles.